The van der Waals surface area contributed by atoms with Gasteiger partial charge in [0.05, 0.1) is 5.56 Å². The second kappa shape index (κ2) is 4.89. The molecule has 4 heteroatoms. The van der Waals surface area contributed by atoms with Gasteiger partial charge in [-0.2, -0.15) is 0 Å². The molecule has 0 heterocycles. The molecule has 1 fully saturated rings. The third-order valence-electron chi connectivity index (χ3n) is 3.65. The van der Waals surface area contributed by atoms with E-state index < -0.39 is 5.97 Å². The van der Waals surface area contributed by atoms with Crippen LogP contribution in [0.2, 0.25) is 0 Å². The Morgan fingerprint density at radius 1 is 1.20 bits per heavy atom. The second-order valence-electron chi connectivity index (χ2n) is 5.11. The maximum atomic E-state index is 11.1. The second-order valence-corrected chi connectivity index (χ2v) is 5.11. The number of nitrogen functional groups attached to an aromatic ring is 1. The fourth-order valence-electron chi connectivity index (χ4n) is 2.47. The van der Waals surface area contributed by atoms with Gasteiger partial charge in [-0.3, -0.25) is 0 Å². The van der Waals surface area contributed by atoms with Gasteiger partial charge in [-0.1, -0.05) is 30.3 Å². The van der Waals surface area contributed by atoms with Gasteiger partial charge in [0.1, 0.15) is 0 Å². The monoisotopic (exact) mass is 268 g/mol. The number of carboxylic acid groups (broad SMARTS) is 1. The standard InChI is InChI=1S/C16H16N2O2/c17-14-7-6-11(8-13(14)16(19)20)18-15-9-12(15)10-4-2-1-3-5-10/h1-8,12,15,18H,9,17H2,(H,19,20). The molecule has 0 radical (unpaired) electrons. The highest BCUT2D eigenvalue weighted by atomic mass is 16.4. The topological polar surface area (TPSA) is 75.3 Å². The van der Waals surface area contributed by atoms with Crippen molar-refractivity contribution in [2.24, 2.45) is 0 Å². The number of nitrogens with two attached hydrogens (primary N) is 1. The van der Waals surface area contributed by atoms with Crippen LogP contribution in [0.5, 0.6) is 0 Å². The summed E-state index contributed by atoms with van der Waals surface area (Å²) in [6, 6.07) is 15.7. The van der Waals surface area contributed by atoms with E-state index in [4.69, 9.17) is 10.8 Å². The zero-order chi connectivity index (χ0) is 14.1. The first-order valence-electron chi connectivity index (χ1n) is 6.59. The lowest BCUT2D eigenvalue weighted by atomic mass is 10.1. The summed E-state index contributed by atoms with van der Waals surface area (Å²) < 4.78 is 0. The molecule has 2 aromatic rings. The van der Waals surface area contributed by atoms with Gasteiger partial charge in [0.25, 0.3) is 0 Å². The maximum Gasteiger partial charge on any atom is 0.337 e. The van der Waals surface area contributed by atoms with Crippen molar-refractivity contribution in [3.63, 3.8) is 0 Å². The molecule has 0 bridgehead atoms. The molecule has 2 atom stereocenters. The third-order valence-corrected chi connectivity index (χ3v) is 3.65. The Hall–Kier alpha value is -2.49. The molecular weight excluding hydrogens is 252 g/mol. The average molecular weight is 268 g/mol. The smallest absolute Gasteiger partial charge is 0.337 e. The van der Waals surface area contributed by atoms with E-state index in [0.29, 0.717) is 17.6 Å². The van der Waals surface area contributed by atoms with Crippen LogP contribution < -0.4 is 11.1 Å². The molecule has 1 aliphatic rings. The molecule has 1 aliphatic carbocycles. The first kappa shape index (κ1) is 12.5. The molecule has 0 aromatic heterocycles. The van der Waals surface area contributed by atoms with Gasteiger partial charge in [0, 0.05) is 23.3 Å². The minimum atomic E-state index is -0.999. The van der Waals surface area contributed by atoms with Gasteiger partial charge in [0.15, 0.2) is 0 Å². The fraction of sp³-hybridized carbons (Fsp3) is 0.188. The molecule has 0 saturated heterocycles. The van der Waals surface area contributed by atoms with Crippen LogP contribution in [-0.4, -0.2) is 17.1 Å². The van der Waals surface area contributed by atoms with Gasteiger partial charge in [-0.25, -0.2) is 4.79 Å². The predicted molar refractivity (Wildman–Crippen MR) is 79.0 cm³/mol. The number of aromatic carboxylic acids is 1. The number of carbonyl (C=O) groups is 1. The third kappa shape index (κ3) is 2.45. The Balaban J connectivity index is 1.71. The van der Waals surface area contributed by atoms with Gasteiger partial charge in [-0.05, 0) is 30.2 Å². The van der Waals surface area contributed by atoms with Crippen LogP contribution in [0.4, 0.5) is 11.4 Å². The summed E-state index contributed by atoms with van der Waals surface area (Å²) in [5.41, 5.74) is 8.21. The van der Waals surface area contributed by atoms with E-state index in [1.54, 1.807) is 12.1 Å². The highest BCUT2D eigenvalue weighted by Gasteiger charge is 2.38. The number of benzene rings is 2. The van der Waals surface area contributed by atoms with E-state index in [1.807, 2.05) is 24.3 Å². The zero-order valence-electron chi connectivity index (χ0n) is 10.9. The van der Waals surface area contributed by atoms with Crippen molar-refractivity contribution in [2.45, 2.75) is 18.4 Å². The van der Waals surface area contributed by atoms with Crippen molar-refractivity contribution in [3.8, 4) is 0 Å². The van der Waals surface area contributed by atoms with Crippen LogP contribution >= 0.6 is 0 Å². The Labute approximate surface area is 117 Å². The van der Waals surface area contributed by atoms with E-state index in [0.717, 1.165) is 12.1 Å². The molecule has 1 saturated carbocycles. The molecule has 3 rings (SSSR count). The first-order chi connectivity index (χ1) is 9.65. The van der Waals surface area contributed by atoms with Gasteiger partial charge in [-0.15, -0.1) is 0 Å². The van der Waals surface area contributed by atoms with E-state index in [9.17, 15) is 4.79 Å². The highest BCUT2D eigenvalue weighted by molar-refractivity contribution is 5.94. The molecule has 0 aliphatic heterocycles. The van der Waals surface area contributed by atoms with Crippen molar-refractivity contribution < 1.29 is 9.90 Å². The quantitative estimate of drug-likeness (QED) is 0.745. The summed E-state index contributed by atoms with van der Waals surface area (Å²) in [6.45, 7) is 0. The molecule has 4 nitrogen and oxygen atoms in total. The number of hydrogen-bond acceptors (Lipinski definition) is 3. The van der Waals surface area contributed by atoms with Crippen LogP contribution in [0.1, 0.15) is 28.3 Å². The van der Waals surface area contributed by atoms with E-state index in [1.165, 1.54) is 5.56 Å². The number of rotatable bonds is 4. The number of anilines is 2. The number of carboxylic acids is 1. The highest BCUT2D eigenvalue weighted by Crippen LogP contribution is 2.42. The van der Waals surface area contributed by atoms with Crippen LogP contribution in [0.25, 0.3) is 0 Å². The summed E-state index contributed by atoms with van der Waals surface area (Å²) in [4.78, 5) is 11.1. The summed E-state index contributed by atoms with van der Waals surface area (Å²) in [6.07, 6.45) is 1.07. The van der Waals surface area contributed by atoms with Crippen molar-refractivity contribution in [1.29, 1.82) is 0 Å². The minimum Gasteiger partial charge on any atom is -0.478 e. The van der Waals surface area contributed by atoms with Crippen LogP contribution in [0.15, 0.2) is 48.5 Å². The summed E-state index contributed by atoms with van der Waals surface area (Å²) >= 11 is 0. The molecule has 102 valence electrons. The molecule has 0 amide bonds. The number of nitrogens with one attached hydrogen (secondary N) is 1. The van der Waals surface area contributed by atoms with Crippen molar-refractivity contribution in [2.75, 3.05) is 11.1 Å². The summed E-state index contributed by atoms with van der Waals surface area (Å²) in [7, 11) is 0. The summed E-state index contributed by atoms with van der Waals surface area (Å²) in [5, 5.41) is 12.4. The molecule has 20 heavy (non-hydrogen) atoms. The Kier molecular flexibility index (Phi) is 3.06. The predicted octanol–water partition coefficient (Wildman–Crippen LogP) is 2.94. The average Bonchev–Trinajstić information content (AvgIpc) is 3.21. The Morgan fingerprint density at radius 3 is 2.65 bits per heavy atom. The van der Waals surface area contributed by atoms with E-state index in [-0.39, 0.29) is 5.56 Å². The lowest BCUT2D eigenvalue weighted by Crippen LogP contribution is -2.07. The summed E-state index contributed by atoms with van der Waals surface area (Å²) in [5.74, 6) is -0.497. The van der Waals surface area contributed by atoms with Gasteiger partial charge in [0.2, 0.25) is 0 Å². The molecule has 2 aromatic carbocycles. The molecule has 0 spiro atoms. The maximum absolute atomic E-state index is 11.1. The van der Waals surface area contributed by atoms with Gasteiger partial charge < -0.3 is 16.2 Å². The number of hydrogen-bond donors (Lipinski definition) is 3. The van der Waals surface area contributed by atoms with Crippen LogP contribution in [0.3, 0.4) is 0 Å². The molecule has 2 unspecified atom stereocenters. The van der Waals surface area contributed by atoms with E-state index >= 15 is 0 Å². The normalized spacial score (nSPS) is 20.4. The van der Waals surface area contributed by atoms with Crippen LogP contribution in [0, 0.1) is 0 Å². The zero-order valence-corrected chi connectivity index (χ0v) is 10.9. The van der Waals surface area contributed by atoms with E-state index in [2.05, 4.69) is 17.4 Å². The lowest BCUT2D eigenvalue weighted by Gasteiger charge is -2.08. The first-order valence-corrected chi connectivity index (χ1v) is 6.59. The molecular formula is C16H16N2O2. The minimum absolute atomic E-state index is 0.145. The fourth-order valence-corrected chi connectivity index (χ4v) is 2.47. The molecule has 4 N–H and O–H groups in total. The van der Waals surface area contributed by atoms with Crippen molar-refractivity contribution in [1.82, 2.24) is 0 Å². The largest absolute Gasteiger partial charge is 0.478 e. The lowest BCUT2D eigenvalue weighted by molar-refractivity contribution is 0.0698. The SMILES string of the molecule is Nc1ccc(NC2CC2c2ccccc2)cc1C(=O)O. The van der Waals surface area contributed by atoms with Crippen molar-refractivity contribution >= 4 is 17.3 Å². The Morgan fingerprint density at radius 2 is 1.95 bits per heavy atom. The Bertz CT molecular complexity index is 640. The van der Waals surface area contributed by atoms with Crippen LogP contribution in [-0.2, 0) is 0 Å². The van der Waals surface area contributed by atoms with Crippen molar-refractivity contribution in [3.05, 3.63) is 59.7 Å². The van der Waals surface area contributed by atoms with Gasteiger partial charge >= 0.3 is 5.97 Å².